The fraction of sp³-hybridized carbons (Fsp3) is 0.211. The summed E-state index contributed by atoms with van der Waals surface area (Å²) in [5, 5.41) is 13.0. The largest absolute Gasteiger partial charge is 0.484 e. The molecule has 0 saturated carbocycles. The standard InChI is InChI=1S/C19H17Cl3N4O2S/c1-11-3-4-15(22)16(5-11)28-9-17-24-25-19(26(17)2)29-10-18(27)23-14-7-12(20)6-13(21)8-14/h3-8H,9-10H2,1-2H3,(H,23,27). The van der Waals surface area contributed by atoms with Crippen LogP contribution in [0.1, 0.15) is 11.4 Å². The summed E-state index contributed by atoms with van der Waals surface area (Å²) < 4.78 is 7.53. The van der Waals surface area contributed by atoms with Crippen LogP contribution in [0.25, 0.3) is 0 Å². The Labute approximate surface area is 187 Å². The maximum atomic E-state index is 12.2. The number of hydrogen-bond donors (Lipinski definition) is 1. The molecule has 10 heteroatoms. The number of carbonyl (C=O) groups excluding carboxylic acids is 1. The Bertz CT molecular complexity index is 1020. The van der Waals surface area contributed by atoms with Crippen LogP contribution in [0.5, 0.6) is 5.75 Å². The van der Waals surface area contributed by atoms with Gasteiger partial charge in [-0.3, -0.25) is 4.79 Å². The minimum Gasteiger partial charge on any atom is -0.484 e. The van der Waals surface area contributed by atoms with Crippen LogP contribution in [0, 0.1) is 6.92 Å². The van der Waals surface area contributed by atoms with Gasteiger partial charge < -0.3 is 14.6 Å². The SMILES string of the molecule is Cc1ccc(Cl)c(OCc2nnc(SCC(=O)Nc3cc(Cl)cc(Cl)c3)n2C)c1. The highest BCUT2D eigenvalue weighted by molar-refractivity contribution is 7.99. The molecule has 3 aromatic rings. The molecule has 1 aromatic heterocycles. The number of benzene rings is 2. The average Bonchev–Trinajstić information content (AvgIpc) is 2.99. The van der Waals surface area contributed by atoms with Crippen molar-refractivity contribution in [3.8, 4) is 5.75 Å². The van der Waals surface area contributed by atoms with E-state index in [0.717, 1.165) is 5.56 Å². The predicted octanol–water partition coefficient (Wildman–Crippen LogP) is 5.39. The third-order valence-electron chi connectivity index (χ3n) is 3.85. The molecule has 6 nitrogen and oxygen atoms in total. The van der Waals surface area contributed by atoms with Crippen LogP contribution in [0.15, 0.2) is 41.6 Å². The number of rotatable bonds is 7. The molecule has 1 N–H and O–H groups in total. The Kier molecular flexibility index (Phi) is 7.29. The van der Waals surface area contributed by atoms with E-state index in [9.17, 15) is 4.79 Å². The van der Waals surface area contributed by atoms with Crippen LogP contribution in [-0.4, -0.2) is 26.4 Å². The summed E-state index contributed by atoms with van der Waals surface area (Å²) >= 11 is 19.3. The summed E-state index contributed by atoms with van der Waals surface area (Å²) in [4.78, 5) is 12.2. The van der Waals surface area contributed by atoms with E-state index >= 15 is 0 Å². The molecule has 29 heavy (non-hydrogen) atoms. The van der Waals surface area contributed by atoms with Gasteiger partial charge in [0.05, 0.1) is 10.8 Å². The Morgan fingerprint density at radius 3 is 2.59 bits per heavy atom. The number of nitrogens with zero attached hydrogens (tertiary/aromatic N) is 3. The van der Waals surface area contributed by atoms with E-state index in [4.69, 9.17) is 39.5 Å². The molecule has 0 fully saturated rings. The van der Waals surface area contributed by atoms with E-state index in [2.05, 4.69) is 15.5 Å². The molecule has 0 atom stereocenters. The lowest BCUT2D eigenvalue weighted by molar-refractivity contribution is -0.113. The molecule has 0 bridgehead atoms. The molecule has 0 unspecified atom stereocenters. The first-order valence-electron chi connectivity index (χ1n) is 8.48. The minimum atomic E-state index is -0.208. The fourth-order valence-corrected chi connectivity index (χ4v) is 3.84. The van der Waals surface area contributed by atoms with Crippen molar-refractivity contribution >= 4 is 58.2 Å². The van der Waals surface area contributed by atoms with Crippen molar-refractivity contribution in [2.45, 2.75) is 18.7 Å². The number of aryl methyl sites for hydroxylation is 1. The summed E-state index contributed by atoms with van der Waals surface area (Å²) in [7, 11) is 1.81. The summed E-state index contributed by atoms with van der Waals surface area (Å²) in [5.74, 6) is 1.15. The van der Waals surface area contributed by atoms with E-state index in [0.29, 0.717) is 37.5 Å². The van der Waals surface area contributed by atoms with Gasteiger partial charge >= 0.3 is 0 Å². The van der Waals surface area contributed by atoms with Gasteiger partial charge in [-0.1, -0.05) is 52.6 Å². The first kappa shape index (κ1) is 21.8. The Morgan fingerprint density at radius 1 is 1.14 bits per heavy atom. The third-order valence-corrected chi connectivity index (χ3v) is 5.62. The highest BCUT2D eigenvalue weighted by atomic mass is 35.5. The summed E-state index contributed by atoms with van der Waals surface area (Å²) in [6.07, 6.45) is 0. The zero-order chi connectivity index (χ0) is 21.0. The lowest BCUT2D eigenvalue weighted by Gasteiger charge is -2.09. The van der Waals surface area contributed by atoms with Crippen molar-refractivity contribution < 1.29 is 9.53 Å². The number of carbonyl (C=O) groups is 1. The highest BCUT2D eigenvalue weighted by Gasteiger charge is 2.13. The second-order valence-electron chi connectivity index (χ2n) is 6.18. The van der Waals surface area contributed by atoms with Gasteiger partial charge in [-0.2, -0.15) is 0 Å². The van der Waals surface area contributed by atoms with Gasteiger partial charge in [0.1, 0.15) is 12.4 Å². The second kappa shape index (κ2) is 9.71. The maximum absolute atomic E-state index is 12.2. The van der Waals surface area contributed by atoms with Gasteiger partial charge in [-0.05, 0) is 42.8 Å². The molecule has 1 heterocycles. The molecule has 152 valence electrons. The van der Waals surface area contributed by atoms with E-state index in [-0.39, 0.29) is 18.3 Å². The van der Waals surface area contributed by atoms with Crippen LogP contribution in [0.4, 0.5) is 5.69 Å². The van der Waals surface area contributed by atoms with Crippen LogP contribution in [-0.2, 0) is 18.4 Å². The molecule has 0 spiro atoms. The average molecular weight is 472 g/mol. The number of halogens is 3. The fourth-order valence-electron chi connectivity index (χ4n) is 2.41. The van der Waals surface area contributed by atoms with Crippen LogP contribution in [0.2, 0.25) is 15.1 Å². The number of amides is 1. The second-order valence-corrected chi connectivity index (χ2v) is 8.40. The molecule has 0 aliphatic rings. The van der Waals surface area contributed by atoms with Crippen molar-refractivity contribution in [1.29, 1.82) is 0 Å². The zero-order valence-corrected chi connectivity index (χ0v) is 18.7. The molecule has 0 saturated heterocycles. The van der Waals surface area contributed by atoms with Crippen LogP contribution in [0.3, 0.4) is 0 Å². The topological polar surface area (TPSA) is 69.0 Å². The van der Waals surface area contributed by atoms with E-state index in [1.54, 1.807) is 28.8 Å². The smallest absolute Gasteiger partial charge is 0.234 e. The first-order valence-corrected chi connectivity index (χ1v) is 10.6. The van der Waals surface area contributed by atoms with E-state index in [1.165, 1.54) is 11.8 Å². The van der Waals surface area contributed by atoms with Crippen molar-refractivity contribution in [2.24, 2.45) is 7.05 Å². The van der Waals surface area contributed by atoms with Crippen molar-refractivity contribution in [2.75, 3.05) is 11.1 Å². The van der Waals surface area contributed by atoms with Crippen molar-refractivity contribution in [1.82, 2.24) is 14.8 Å². The summed E-state index contributed by atoms with van der Waals surface area (Å²) in [5.41, 5.74) is 1.58. The number of ether oxygens (including phenoxy) is 1. The molecular formula is C19H17Cl3N4O2S. The highest BCUT2D eigenvalue weighted by Crippen LogP contribution is 2.26. The number of anilines is 1. The van der Waals surface area contributed by atoms with Crippen molar-refractivity contribution in [3.05, 3.63) is 62.9 Å². The molecule has 0 aliphatic heterocycles. The van der Waals surface area contributed by atoms with E-state index in [1.807, 2.05) is 26.1 Å². The Balaban J connectivity index is 1.56. The summed E-state index contributed by atoms with van der Waals surface area (Å²) in [6.45, 7) is 2.17. The predicted molar refractivity (Wildman–Crippen MR) is 117 cm³/mol. The Hall–Kier alpha value is -1.93. The zero-order valence-electron chi connectivity index (χ0n) is 15.6. The van der Waals surface area contributed by atoms with Crippen LogP contribution < -0.4 is 10.1 Å². The van der Waals surface area contributed by atoms with Gasteiger partial charge in [0, 0.05) is 22.8 Å². The number of thioether (sulfide) groups is 1. The summed E-state index contributed by atoms with van der Waals surface area (Å²) in [6, 6.07) is 10.4. The number of hydrogen-bond acceptors (Lipinski definition) is 5. The molecule has 0 radical (unpaired) electrons. The maximum Gasteiger partial charge on any atom is 0.234 e. The van der Waals surface area contributed by atoms with Crippen LogP contribution >= 0.6 is 46.6 Å². The monoisotopic (exact) mass is 470 g/mol. The molecular weight excluding hydrogens is 455 g/mol. The molecule has 3 rings (SSSR count). The normalized spacial score (nSPS) is 10.8. The third kappa shape index (κ3) is 6.02. The number of nitrogens with one attached hydrogen (secondary N) is 1. The molecule has 2 aromatic carbocycles. The van der Waals surface area contributed by atoms with Crippen molar-refractivity contribution in [3.63, 3.8) is 0 Å². The Morgan fingerprint density at radius 2 is 1.86 bits per heavy atom. The number of aromatic nitrogens is 3. The lowest BCUT2D eigenvalue weighted by Crippen LogP contribution is -2.14. The molecule has 1 amide bonds. The first-order chi connectivity index (χ1) is 13.8. The minimum absolute atomic E-state index is 0.153. The van der Waals surface area contributed by atoms with Gasteiger partial charge in [0.2, 0.25) is 5.91 Å². The lowest BCUT2D eigenvalue weighted by atomic mass is 10.2. The van der Waals surface area contributed by atoms with Gasteiger partial charge in [0.15, 0.2) is 11.0 Å². The molecule has 0 aliphatic carbocycles. The van der Waals surface area contributed by atoms with Gasteiger partial charge in [-0.15, -0.1) is 10.2 Å². The van der Waals surface area contributed by atoms with Gasteiger partial charge in [0.25, 0.3) is 0 Å². The van der Waals surface area contributed by atoms with Gasteiger partial charge in [-0.25, -0.2) is 0 Å². The van der Waals surface area contributed by atoms with E-state index < -0.39 is 0 Å². The quantitative estimate of drug-likeness (QED) is 0.468.